The molecule has 2 N–H and O–H groups in total. The molecule has 0 aromatic heterocycles. The van der Waals surface area contributed by atoms with Crippen molar-refractivity contribution < 1.29 is 37.6 Å². The number of ether oxygens (including phenoxy) is 2. The second-order valence-corrected chi connectivity index (χ2v) is 9.66. The first-order valence-corrected chi connectivity index (χ1v) is 12.0. The van der Waals surface area contributed by atoms with Crippen LogP contribution in [0, 0.1) is 10.1 Å². The van der Waals surface area contributed by atoms with Crippen molar-refractivity contribution in [3.8, 4) is 5.75 Å². The van der Waals surface area contributed by atoms with Gasteiger partial charge in [0.05, 0.1) is 11.5 Å². The Kier molecular flexibility index (Phi) is 11.8. The molecule has 0 bridgehead atoms. The summed E-state index contributed by atoms with van der Waals surface area (Å²) in [6.45, 7) is 7.08. The standard InChI is InChI=1S/C20H32N3O9P/c1-16(24)29-15-13-22-33(28,32-18-10-8-17(9-11-18)23(26)27)30-14-7-5-6-12-21-19(25)31-20(2,3)4/h8-11H,5-7,12-15H2,1-4H3,(H,21,25)(H,22,28). The molecular formula is C20H32N3O9P. The van der Waals surface area contributed by atoms with Crippen LogP contribution in [-0.2, 0) is 23.4 Å². The summed E-state index contributed by atoms with van der Waals surface area (Å²) in [5.74, 6) is -0.366. The molecule has 1 atom stereocenters. The van der Waals surface area contributed by atoms with Gasteiger partial charge in [-0.15, -0.1) is 0 Å². The SMILES string of the molecule is CC(=O)OCCNP(=O)(OCCCCCNC(=O)OC(C)(C)C)Oc1ccc([N+](=O)[O-])cc1. The molecular weight excluding hydrogens is 457 g/mol. The predicted molar refractivity (Wildman–Crippen MR) is 120 cm³/mol. The molecule has 13 heteroatoms. The maximum Gasteiger partial charge on any atom is 0.458 e. The maximum atomic E-state index is 13.1. The van der Waals surface area contributed by atoms with E-state index in [1.165, 1.54) is 31.2 Å². The van der Waals surface area contributed by atoms with Gasteiger partial charge < -0.3 is 19.3 Å². The lowest BCUT2D eigenvalue weighted by Gasteiger charge is -2.20. The molecule has 0 saturated heterocycles. The molecule has 0 saturated carbocycles. The van der Waals surface area contributed by atoms with Gasteiger partial charge in [-0.2, -0.15) is 0 Å². The van der Waals surface area contributed by atoms with Crippen LogP contribution in [0.4, 0.5) is 10.5 Å². The van der Waals surface area contributed by atoms with E-state index in [9.17, 15) is 24.3 Å². The molecule has 0 spiro atoms. The van der Waals surface area contributed by atoms with E-state index in [0.717, 1.165) is 0 Å². The molecule has 186 valence electrons. The summed E-state index contributed by atoms with van der Waals surface area (Å²) in [5, 5.41) is 16.0. The zero-order valence-electron chi connectivity index (χ0n) is 19.3. The van der Waals surface area contributed by atoms with Crippen LogP contribution in [0.5, 0.6) is 5.75 Å². The minimum Gasteiger partial charge on any atom is -0.465 e. The van der Waals surface area contributed by atoms with Gasteiger partial charge in [-0.05, 0) is 52.2 Å². The normalized spacial score (nSPS) is 13.0. The van der Waals surface area contributed by atoms with Gasteiger partial charge in [-0.25, -0.2) is 14.4 Å². The van der Waals surface area contributed by atoms with Gasteiger partial charge in [0.15, 0.2) is 0 Å². The van der Waals surface area contributed by atoms with Gasteiger partial charge in [-0.1, -0.05) is 0 Å². The summed E-state index contributed by atoms with van der Waals surface area (Å²) in [6, 6.07) is 5.06. The van der Waals surface area contributed by atoms with E-state index in [1.807, 2.05) is 0 Å². The summed E-state index contributed by atoms with van der Waals surface area (Å²) in [5.41, 5.74) is -0.702. The van der Waals surface area contributed by atoms with Crippen molar-refractivity contribution in [1.82, 2.24) is 10.4 Å². The van der Waals surface area contributed by atoms with E-state index in [0.29, 0.717) is 25.8 Å². The second kappa shape index (κ2) is 13.8. The van der Waals surface area contributed by atoms with E-state index in [4.69, 9.17) is 18.5 Å². The Labute approximate surface area is 193 Å². The number of nitrogens with one attached hydrogen (secondary N) is 2. The molecule has 0 aliphatic carbocycles. The predicted octanol–water partition coefficient (Wildman–Crippen LogP) is 3.95. The highest BCUT2D eigenvalue weighted by Crippen LogP contribution is 2.44. The van der Waals surface area contributed by atoms with Crippen molar-refractivity contribution in [1.29, 1.82) is 0 Å². The number of nitro benzene ring substituents is 1. The lowest BCUT2D eigenvalue weighted by atomic mass is 10.2. The topological polar surface area (TPSA) is 155 Å². The van der Waals surface area contributed by atoms with Gasteiger partial charge in [0.1, 0.15) is 18.0 Å². The van der Waals surface area contributed by atoms with Crippen LogP contribution >= 0.6 is 7.75 Å². The highest BCUT2D eigenvalue weighted by Gasteiger charge is 2.26. The van der Waals surface area contributed by atoms with Crippen LogP contribution in [-0.4, -0.2) is 48.9 Å². The van der Waals surface area contributed by atoms with E-state index in [-0.39, 0.29) is 31.2 Å². The summed E-state index contributed by atoms with van der Waals surface area (Å²) in [7, 11) is -3.84. The Morgan fingerprint density at radius 2 is 1.73 bits per heavy atom. The van der Waals surface area contributed by atoms with Gasteiger partial charge >= 0.3 is 19.8 Å². The zero-order valence-corrected chi connectivity index (χ0v) is 20.2. The number of rotatable bonds is 14. The van der Waals surface area contributed by atoms with Gasteiger partial charge in [-0.3, -0.25) is 19.4 Å². The Morgan fingerprint density at radius 3 is 2.30 bits per heavy atom. The molecule has 0 heterocycles. The van der Waals surface area contributed by atoms with Crippen molar-refractivity contribution in [3.05, 3.63) is 34.4 Å². The van der Waals surface area contributed by atoms with Crippen LogP contribution in [0.2, 0.25) is 0 Å². The minimum atomic E-state index is -3.84. The Balaban J connectivity index is 2.50. The molecule has 1 unspecified atom stereocenters. The van der Waals surface area contributed by atoms with Crippen LogP contribution in [0.1, 0.15) is 47.0 Å². The molecule has 1 aromatic rings. The molecule has 0 fully saturated rings. The number of alkyl carbamates (subject to hydrolysis) is 1. The quantitative estimate of drug-likeness (QED) is 0.129. The van der Waals surface area contributed by atoms with Crippen LogP contribution < -0.4 is 14.9 Å². The number of benzene rings is 1. The van der Waals surface area contributed by atoms with E-state index in [1.54, 1.807) is 20.8 Å². The monoisotopic (exact) mass is 489 g/mol. The number of esters is 1. The Hall–Kier alpha value is -2.69. The molecule has 1 amide bonds. The molecule has 33 heavy (non-hydrogen) atoms. The van der Waals surface area contributed by atoms with Gasteiger partial charge in [0, 0.05) is 32.1 Å². The molecule has 1 rings (SSSR count). The largest absolute Gasteiger partial charge is 0.465 e. The van der Waals surface area contributed by atoms with Crippen molar-refractivity contribution in [2.45, 2.75) is 52.6 Å². The van der Waals surface area contributed by atoms with Crippen molar-refractivity contribution >= 4 is 25.5 Å². The highest BCUT2D eigenvalue weighted by atomic mass is 31.2. The number of nitro groups is 1. The van der Waals surface area contributed by atoms with Crippen molar-refractivity contribution in [2.75, 3.05) is 26.3 Å². The minimum absolute atomic E-state index is 0.0175. The third kappa shape index (κ3) is 13.5. The second-order valence-electron chi connectivity index (χ2n) is 7.91. The summed E-state index contributed by atoms with van der Waals surface area (Å²) in [6.07, 6.45) is 1.39. The number of nitrogens with zero attached hydrogens (tertiary/aromatic N) is 1. The van der Waals surface area contributed by atoms with Crippen LogP contribution in [0.25, 0.3) is 0 Å². The first kappa shape index (κ1) is 28.3. The smallest absolute Gasteiger partial charge is 0.458 e. The van der Waals surface area contributed by atoms with Crippen LogP contribution in [0.3, 0.4) is 0 Å². The number of amides is 1. The number of hydrogen-bond acceptors (Lipinski definition) is 9. The van der Waals surface area contributed by atoms with Crippen LogP contribution in [0.15, 0.2) is 24.3 Å². The summed E-state index contributed by atoms with van der Waals surface area (Å²) >= 11 is 0. The maximum absolute atomic E-state index is 13.1. The lowest BCUT2D eigenvalue weighted by Crippen LogP contribution is -2.33. The zero-order chi connectivity index (χ0) is 24.9. The average Bonchev–Trinajstić information content (AvgIpc) is 2.69. The average molecular weight is 489 g/mol. The van der Waals surface area contributed by atoms with E-state index in [2.05, 4.69) is 10.4 Å². The lowest BCUT2D eigenvalue weighted by molar-refractivity contribution is -0.384. The third-order valence-corrected chi connectivity index (χ3v) is 5.32. The molecule has 0 aliphatic heterocycles. The fourth-order valence-corrected chi connectivity index (χ4v) is 3.68. The van der Waals surface area contributed by atoms with Crippen molar-refractivity contribution in [2.24, 2.45) is 0 Å². The molecule has 0 aliphatic rings. The fraction of sp³-hybridized carbons (Fsp3) is 0.600. The Bertz CT molecular complexity index is 825. The fourth-order valence-electron chi connectivity index (χ4n) is 2.34. The summed E-state index contributed by atoms with van der Waals surface area (Å²) in [4.78, 5) is 32.7. The number of hydrogen-bond donors (Lipinski definition) is 2. The van der Waals surface area contributed by atoms with Gasteiger partial charge in [0.25, 0.3) is 5.69 Å². The number of carbonyl (C=O) groups is 2. The van der Waals surface area contributed by atoms with Gasteiger partial charge in [0.2, 0.25) is 0 Å². The van der Waals surface area contributed by atoms with Crippen molar-refractivity contribution in [3.63, 3.8) is 0 Å². The number of unbranched alkanes of at least 4 members (excludes halogenated alkanes) is 2. The number of carbonyl (C=O) groups excluding carboxylic acids is 2. The molecule has 1 aromatic carbocycles. The first-order valence-electron chi connectivity index (χ1n) is 10.4. The first-order chi connectivity index (χ1) is 15.4. The molecule has 12 nitrogen and oxygen atoms in total. The third-order valence-electron chi connectivity index (χ3n) is 3.74. The van der Waals surface area contributed by atoms with E-state index >= 15 is 0 Å². The Morgan fingerprint density at radius 1 is 1.06 bits per heavy atom. The highest BCUT2D eigenvalue weighted by molar-refractivity contribution is 7.52. The molecule has 0 radical (unpaired) electrons. The van der Waals surface area contributed by atoms with E-state index < -0.39 is 30.3 Å². The number of non-ortho nitro benzene ring substituents is 1. The summed E-state index contributed by atoms with van der Waals surface area (Å²) < 4.78 is 33.9.